The fourth-order valence-corrected chi connectivity index (χ4v) is 14.5. The van der Waals surface area contributed by atoms with Gasteiger partial charge in [-0.3, -0.25) is 39.8 Å². The molecule has 0 spiro atoms. The van der Waals surface area contributed by atoms with E-state index in [2.05, 4.69) is 109 Å². The number of anilines is 2. The lowest BCUT2D eigenvalue weighted by atomic mass is 10.2. The molecule has 6 unspecified atom stereocenters. The van der Waals surface area contributed by atoms with Gasteiger partial charge in [-0.05, 0) is 27.2 Å². The number of halogens is 6. The summed E-state index contributed by atoms with van der Waals surface area (Å²) in [7, 11) is -2.90. The average molecular weight is 1210 g/mol. The zero-order valence-electron chi connectivity index (χ0n) is 45.5. The summed E-state index contributed by atoms with van der Waals surface area (Å²) in [5.74, 6) is 7.04. The van der Waals surface area contributed by atoms with Crippen LogP contribution in [0.5, 0.6) is 0 Å². The molecule has 6 heterocycles. The van der Waals surface area contributed by atoms with Crippen molar-refractivity contribution >= 4 is 76.0 Å². The molecule has 31 heteroatoms. The molecule has 4 aromatic heterocycles. The topological polar surface area (TPSA) is 327 Å². The number of alkyl halides is 6. The number of rotatable bonds is 20. The Morgan fingerprint density at radius 1 is 0.798 bits per heavy atom. The first-order chi connectivity index (χ1) is 39.9. The average Bonchev–Trinajstić information content (AvgIpc) is 1.56. The predicted molar refractivity (Wildman–Crippen MR) is 301 cm³/mol. The fourth-order valence-electron chi connectivity index (χ4n) is 9.62. The molecule has 2 aliphatic heterocycles. The highest BCUT2D eigenvalue weighted by atomic mass is 32.2. The van der Waals surface area contributed by atoms with Crippen LogP contribution >= 0.6 is 11.8 Å². The van der Waals surface area contributed by atoms with Crippen LogP contribution in [0.25, 0.3) is 32.5 Å². The summed E-state index contributed by atoms with van der Waals surface area (Å²) in [6, 6.07) is 20.6. The van der Waals surface area contributed by atoms with Crippen LogP contribution in [0.3, 0.4) is 0 Å². The molecule has 8 rings (SSSR count). The van der Waals surface area contributed by atoms with Gasteiger partial charge in [0.1, 0.15) is 31.4 Å². The number of aromatic nitrogens is 6. The van der Waals surface area contributed by atoms with Crippen LogP contribution in [-0.2, 0) is 33.0 Å². The Hall–Kier alpha value is -7.52. The molecule has 2 aliphatic rings. The molecular formula is C53H59F6N13O10SSi. The van der Waals surface area contributed by atoms with E-state index in [1.54, 1.807) is 10.8 Å². The van der Waals surface area contributed by atoms with E-state index in [4.69, 9.17) is 40.4 Å². The van der Waals surface area contributed by atoms with Gasteiger partial charge in [0.15, 0.2) is 11.3 Å². The Morgan fingerprint density at radius 2 is 1.25 bits per heavy atom. The zero-order chi connectivity index (χ0) is 61.0. The largest absolute Gasteiger partial charge is 0.451 e. The smallest absolute Gasteiger partial charge is 0.405 e. The number of ether oxygens (including phenoxy) is 4. The number of thioether (sulfide) groups is 1. The number of nitrogen functional groups attached to an aromatic ring is 2. The van der Waals surface area contributed by atoms with Crippen LogP contribution in [0, 0.1) is 23.7 Å². The Morgan fingerprint density at radius 3 is 1.67 bits per heavy atom. The van der Waals surface area contributed by atoms with Crippen molar-refractivity contribution < 1.29 is 64.4 Å². The number of fused-ring (bicyclic) bond motifs is 2. The lowest BCUT2D eigenvalue weighted by Crippen LogP contribution is -2.67. The van der Waals surface area contributed by atoms with Gasteiger partial charge in [-0.15, -0.1) is 11.8 Å². The number of aromatic amines is 2. The molecule has 0 bridgehead atoms. The van der Waals surface area contributed by atoms with Crippen LogP contribution in [0.15, 0.2) is 87.8 Å². The maximum absolute atomic E-state index is 13.1. The van der Waals surface area contributed by atoms with Crippen molar-refractivity contribution in [3.8, 4) is 23.7 Å². The van der Waals surface area contributed by atoms with E-state index < -0.39 is 87.2 Å². The van der Waals surface area contributed by atoms with Gasteiger partial charge in [0, 0.05) is 30.1 Å². The number of nitrogens with one attached hydrogen (secondary N) is 4. The maximum atomic E-state index is 13.1. The number of azide groups is 1. The fraction of sp³-hybridized carbons (Fsp3) is 0.434. The van der Waals surface area contributed by atoms with E-state index >= 15 is 0 Å². The minimum Gasteiger partial charge on any atom is -0.405 e. The standard InChI is InChI=1S/C35H40F3N5O5SSi.C18H19F3N8O5/c1-34(2,3)50(24-13-7-5-8-14-24,25-15-9-6-10-16-25)47-21-27-26(46-22-49-4)18-29(48-27)43-20-23(30-31(43)41-33(39)42-32(30)45)12-11-17-40-19-28(44)35(36,37)38;19-18(20,21)12(31)5-24-3-1-2-9-6-29(15-14(9)16(32)27-17(22)26-15)13-4-10(11(7-30)34-13)33-8-25-28-23/h5-10,13-16,20,26-27,29,40H,17-19,21-22H2,1-4H3,(H3,39,41,42,45);6,10-11,13,24,30H,3-5,7-8H2,(H3,22,26,27,32). The Balaban J connectivity index is 0.000000260. The number of Topliss-reactive ketones (excluding diaryl/α,β-unsaturated/α-hetero) is 2. The SMILES string of the molecule is CSCOC1CC(n2cc(C#CCNCC(=O)C(F)(F)F)c3c(=O)[nH]c(N)nc32)OC1CO[Si](c1ccccc1)(c1ccccc1)C(C)(C)C.[N-]=[N+]=NCOC1CC(n2cc(C#CCNCC(=O)C(F)(F)F)c3c(=O)[nH]c(N)nc32)OC1CO. The summed E-state index contributed by atoms with van der Waals surface area (Å²) in [6.07, 6.45) is -7.87. The molecule has 448 valence electrons. The number of ketones is 2. The molecule has 6 atom stereocenters. The third kappa shape index (κ3) is 15.2. The number of H-pyrrole nitrogens is 2. The van der Waals surface area contributed by atoms with E-state index in [9.17, 15) is 50.6 Å². The number of carbonyl (C=O) groups excluding carboxylic acids is 2. The Labute approximate surface area is 480 Å². The lowest BCUT2D eigenvalue weighted by molar-refractivity contribution is -0.169. The molecular weight excluding hydrogens is 1150 g/mol. The van der Waals surface area contributed by atoms with Crippen molar-refractivity contribution in [1.29, 1.82) is 0 Å². The number of nitrogens with two attached hydrogens (primary N) is 2. The van der Waals surface area contributed by atoms with Gasteiger partial charge < -0.3 is 49.1 Å². The van der Waals surface area contributed by atoms with E-state index in [1.165, 1.54) is 22.5 Å². The van der Waals surface area contributed by atoms with Gasteiger partial charge in [0.05, 0.1) is 79.4 Å². The number of hydrogen-bond acceptors (Lipinski definition) is 18. The minimum absolute atomic E-state index is 0.0654. The first-order valence-corrected chi connectivity index (χ1v) is 29.0. The van der Waals surface area contributed by atoms with E-state index in [0.717, 1.165) is 10.4 Å². The highest BCUT2D eigenvalue weighted by Crippen LogP contribution is 2.40. The van der Waals surface area contributed by atoms with Crippen molar-refractivity contribution in [2.45, 2.75) is 87.9 Å². The van der Waals surface area contributed by atoms with Gasteiger partial charge in [0.2, 0.25) is 23.5 Å². The maximum Gasteiger partial charge on any atom is 0.451 e. The highest BCUT2D eigenvalue weighted by molar-refractivity contribution is 7.98. The lowest BCUT2D eigenvalue weighted by Gasteiger charge is -2.43. The predicted octanol–water partition coefficient (Wildman–Crippen LogP) is 4.26. The van der Waals surface area contributed by atoms with Crippen molar-refractivity contribution in [3.63, 3.8) is 0 Å². The van der Waals surface area contributed by atoms with Crippen LogP contribution in [0.1, 0.15) is 57.2 Å². The van der Waals surface area contributed by atoms with Gasteiger partial charge in [-0.2, -0.15) is 36.3 Å². The molecule has 0 aliphatic carbocycles. The number of benzene rings is 2. The second-order valence-electron chi connectivity index (χ2n) is 19.9. The number of hydrogen-bond donors (Lipinski definition) is 7. The number of nitrogens with zero attached hydrogens (tertiary/aromatic N) is 7. The van der Waals surface area contributed by atoms with Crippen LogP contribution in [-0.4, -0.2) is 149 Å². The second-order valence-corrected chi connectivity index (χ2v) is 25.0. The van der Waals surface area contributed by atoms with Crippen LogP contribution < -0.4 is 43.6 Å². The summed E-state index contributed by atoms with van der Waals surface area (Å²) in [5.41, 5.74) is 19.7. The van der Waals surface area contributed by atoms with Crippen molar-refractivity contribution in [2.24, 2.45) is 5.11 Å². The van der Waals surface area contributed by atoms with Crippen LogP contribution in [0.4, 0.5) is 38.2 Å². The van der Waals surface area contributed by atoms with Gasteiger partial charge in [0.25, 0.3) is 19.4 Å². The van der Waals surface area contributed by atoms with E-state index in [-0.39, 0.29) is 95.7 Å². The zero-order valence-corrected chi connectivity index (χ0v) is 47.4. The van der Waals surface area contributed by atoms with E-state index in [1.807, 2.05) is 42.7 Å². The van der Waals surface area contributed by atoms with Gasteiger partial charge in [-0.25, -0.2) is 0 Å². The summed E-state index contributed by atoms with van der Waals surface area (Å²) in [5, 5.41) is 19.7. The minimum atomic E-state index is -4.94. The summed E-state index contributed by atoms with van der Waals surface area (Å²) >= 11 is 1.54. The molecule has 23 nitrogen and oxygen atoms in total. The number of aliphatic hydroxyl groups excluding tert-OH is 1. The molecule has 6 aromatic rings. The normalized spacial score (nSPS) is 19.0. The molecule has 0 saturated carbocycles. The molecule has 9 N–H and O–H groups in total. The summed E-state index contributed by atoms with van der Waals surface area (Å²) < 4.78 is 109. The molecule has 84 heavy (non-hydrogen) atoms. The molecule has 2 saturated heterocycles. The molecule has 0 radical (unpaired) electrons. The first kappa shape index (κ1) is 64.0. The Kier molecular flexibility index (Phi) is 21.3. The molecule has 0 amide bonds. The quantitative estimate of drug-likeness (QED) is 0.00821. The van der Waals surface area contributed by atoms with Crippen LogP contribution in [0.2, 0.25) is 5.04 Å². The third-order valence-corrected chi connectivity index (χ3v) is 18.7. The monoisotopic (exact) mass is 1210 g/mol. The Bertz CT molecular complexity index is 3550. The highest BCUT2D eigenvalue weighted by Gasteiger charge is 2.52. The number of carbonyl (C=O) groups is 2. The van der Waals surface area contributed by atoms with Gasteiger partial charge in [-0.1, -0.05) is 110 Å². The molecule has 2 fully saturated rings. The van der Waals surface area contributed by atoms with Gasteiger partial charge >= 0.3 is 12.4 Å². The summed E-state index contributed by atoms with van der Waals surface area (Å²) in [4.78, 5) is 63.6. The first-order valence-electron chi connectivity index (χ1n) is 25.7. The number of aliphatic hydroxyl groups is 1. The van der Waals surface area contributed by atoms with Crippen molar-refractivity contribution in [3.05, 3.63) is 115 Å². The second kappa shape index (κ2) is 27.9. The summed E-state index contributed by atoms with van der Waals surface area (Å²) in [6.45, 7) is 3.84. The van der Waals surface area contributed by atoms with Crippen molar-refractivity contribution in [1.82, 2.24) is 39.7 Å². The molecule has 2 aromatic carbocycles. The van der Waals surface area contributed by atoms with E-state index in [0.29, 0.717) is 12.4 Å². The van der Waals surface area contributed by atoms with Crippen molar-refractivity contribution in [2.75, 3.05) is 69.8 Å². The third-order valence-electron chi connectivity index (χ3n) is 13.3.